The molecule has 0 unspecified atom stereocenters. The van der Waals surface area contributed by atoms with Gasteiger partial charge in [-0.25, -0.2) is 14.6 Å². The van der Waals surface area contributed by atoms with Crippen molar-refractivity contribution in [3.05, 3.63) is 85.5 Å². The number of carbonyl (C=O) groups excluding carboxylic acids is 1. The molecule has 7 heteroatoms. The molecule has 0 saturated carbocycles. The van der Waals surface area contributed by atoms with Crippen molar-refractivity contribution in [3.63, 3.8) is 0 Å². The summed E-state index contributed by atoms with van der Waals surface area (Å²) in [6.07, 6.45) is 6.26. The van der Waals surface area contributed by atoms with Gasteiger partial charge in [0.25, 0.3) is 5.91 Å². The fourth-order valence-corrected chi connectivity index (χ4v) is 2.49. The number of anilines is 1. The normalized spacial score (nSPS) is 10.6. The van der Waals surface area contributed by atoms with Crippen LogP contribution in [0.15, 0.2) is 79.8 Å². The van der Waals surface area contributed by atoms with Crippen LogP contribution >= 0.6 is 0 Å². The lowest BCUT2D eigenvalue weighted by atomic mass is 10.2. The lowest BCUT2D eigenvalue weighted by molar-refractivity contribution is 0.102. The number of carbonyl (C=O) groups is 1. The Balaban J connectivity index is 1.54. The topological polar surface area (TPSA) is 77.6 Å². The van der Waals surface area contributed by atoms with Crippen LogP contribution in [0.3, 0.4) is 0 Å². The van der Waals surface area contributed by atoms with Crippen LogP contribution in [0, 0.1) is 0 Å². The summed E-state index contributed by atoms with van der Waals surface area (Å²) in [5, 5.41) is 6.95. The molecule has 2 heterocycles. The van der Waals surface area contributed by atoms with Gasteiger partial charge in [0.1, 0.15) is 18.3 Å². The Labute approximate surface area is 143 Å². The van der Waals surface area contributed by atoms with Crippen LogP contribution in [0.1, 0.15) is 10.5 Å². The van der Waals surface area contributed by atoms with Gasteiger partial charge in [0.2, 0.25) is 0 Å². The molecule has 2 aromatic carbocycles. The summed E-state index contributed by atoms with van der Waals surface area (Å²) in [5.74, 6) is -0.227. The smallest absolute Gasteiger partial charge is 0.274 e. The van der Waals surface area contributed by atoms with Gasteiger partial charge in [-0.05, 0) is 36.4 Å². The van der Waals surface area contributed by atoms with E-state index in [2.05, 4.69) is 20.4 Å². The molecule has 0 fully saturated rings. The van der Waals surface area contributed by atoms with E-state index >= 15 is 0 Å². The van der Waals surface area contributed by atoms with Crippen molar-refractivity contribution in [3.8, 4) is 11.4 Å². The summed E-state index contributed by atoms with van der Waals surface area (Å²) in [6.45, 7) is 0. The molecule has 0 bridgehead atoms. The number of amides is 1. The zero-order valence-corrected chi connectivity index (χ0v) is 13.1. The molecule has 2 aromatic heterocycles. The van der Waals surface area contributed by atoms with E-state index in [1.165, 1.54) is 6.33 Å². The lowest BCUT2D eigenvalue weighted by Gasteiger charge is -2.09. The van der Waals surface area contributed by atoms with Crippen molar-refractivity contribution in [1.29, 1.82) is 0 Å². The first-order chi connectivity index (χ1) is 12.3. The fourth-order valence-electron chi connectivity index (χ4n) is 2.49. The molecule has 122 valence electrons. The maximum absolute atomic E-state index is 12.6. The number of rotatable bonds is 4. The molecule has 1 amide bonds. The van der Waals surface area contributed by atoms with Gasteiger partial charge in [0.05, 0.1) is 18.2 Å². The monoisotopic (exact) mass is 330 g/mol. The van der Waals surface area contributed by atoms with Crippen LogP contribution in [0.4, 0.5) is 5.69 Å². The van der Waals surface area contributed by atoms with Crippen LogP contribution in [0.25, 0.3) is 11.4 Å². The zero-order chi connectivity index (χ0) is 17.1. The predicted octanol–water partition coefficient (Wildman–Crippen LogP) is 2.71. The number of hydrogen-bond acceptors (Lipinski definition) is 4. The Morgan fingerprint density at radius 2 is 1.68 bits per heavy atom. The van der Waals surface area contributed by atoms with Crippen molar-refractivity contribution < 1.29 is 4.79 Å². The summed E-state index contributed by atoms with van der Waals surface area (Å²) >= 11 is 0. The van der Waals surface area contributed by atoms with Crippen molar-refractivity contribution in [1.82, 2.24) is 24.3 Å². The van der Waals surface area contributed by atoms with Gasteiger partial charge in [-0.15, -0.1) is 0 Å². The molecule has 0 aliphatic carbocycles. The minimum Gasteiger partial charge on any atom is -0.321 e. The van der Waals surface area contributed by atoms with E-state index in [0.717, 1.165) is 11.4 Å². The number of para-hydroxylation sites is 1. The number of aromatic nitrogens is 5. The maximum Gasteiger partial charge on any atom is 0.274 e. The highest BCUT2D eigenvalue weighted by molar-refractivity contribution is 6.03. The third-order valence-corrected chi connectivity index (χ3v) is 3.71. The second-order valence-corrected chi connectivity index (χ2v) is 5.33. The van der Waals surface area contributed by atoms with Gasteiger partial charge in [0.15, 0.2) is 0 Å². The summed E-state index contributed by atoms with van der Waals surface area (Å²) < 4.78 is 3.40. The van der Waals surface area contributed by atoms with Gasteiger partial charge in [0, 0.05) is 11.4 Å². The summed E-state index contributed by atoms with van der Waals surface area (Å²) in [5.41, 5.74) is 2.90. The molecule has 0 saturated heterocycles. The highest BCUT2D eigenvalue weighted by atomic mass is 16.2. The predicted molar refractivity (Wildman–Crippen MR) is 92.9 cm³/mol. The van der Waals surface area contributed by atoms with E-state index in [0.29, 0.717) is 11.4 Å². The average molecular weight is 330 g/mol. The van der Waals surface area contributed by atoms with Crippen LogP contribution in [-0.2, 0) is 0 Å². The van der Waals surface area contributed by atoms with Crippen molar-refractivity contribution >= 4 is 11.6 Å². The molecule has 25 heavy (non-hydrogen) atoms. The van der Waals surface area contributed by atoms with Gasteiger partial charge < -0.3 is 5.32 Å². The van der Waals surface area contributed by atoms with Crippen molar-refractivity contribution in [2.45, 2.75) is 0 Å². The van der Waals surface area contributed by atoms with E-state index in [9.17, 15) is 4.79 Å². The summed E-state index contributed by atoms with van der Waals surface area (Å²) in [6, 6.07) is 17.0. The molecule has 4 rings (SSSR count). The number of imidazole rings is 1. The van der Waals surface area contributed by atoms with Crippen LogP contribution < -0.4 is 5.32 Å². The molecule has 0 radical (unpaired) electrons. The Morgan fingerprint density at radius 1 is 0.880 bits per heavy atom. The highest BCUT2D eigenvalue weighted by Crippen LogP contribution is 2.15. The summed E-state index contributed by atoms with van der Waals surface area (Å²) in [4.78, 5) is 20.6. The Morgan fingerprint density at radius 3 is 2.40 bits per heavy atom. The Hall–Kier alpha value is -3.74. The van der Waals surface area contributed by atoms with Crippen molar-refractivity contribution in [2.75, 3.05) is 5.32 Å². The molecule has 0 atom stereocenters. The minimum atomic E-state index is -0.227. The first kappa shape index (κ1) is 14.8. The van der Waals surface area contributed by atoms with Gasteiger partial charge in [-0.1, -0.05) is 18.2 Å². The maximum atomic E-state index is 12.6. The third-order valence-electron chi connectivity index (χ3n) is 3.71. The number of hydrogen-bond donors (Lipinski definition) is 1. The zero-order valence-electron chi connectivity index (χ0n) is 13.1. The lowest BCUT2D eigenvalue weighted by Crippen LogP contribution is -2.16. The van der Waals surface area contributed by atoms with E-state index in [4.69, 9.17) is 0 Å². The van der Waals surface area contributed by atoms with Gasteiger partial charge in [-0.2, -0.15) is 5.10 Å². The molecular weight excluding hydrogens is 316 g/mol. The SMILES string of the molecule is O=C(Nc1ccc(-n2cncn2)cc1)c1cncn1-c1ccccc1. The minimum absolute atomic E-state index is 0.227. The van der Waals surface area contributed by atoms with Gasteiger partial charge in [-0.3, -0.25) is 9.36 Å². The average Bonchev–Trinajstić information content (AvgIpc) is 3.35. The number of benzene rings is 2. The van der Waals surface area contributed by atoms with Gasteiger partial charge >= 0.3 is 0 Å². The Bertz CT molecular complexity index is 974. The molecule has 0 aliphatic heterocycles. The van der Waals surface area contributed by atoms with E-state index in [1.807, 2.05) is 54.6 Å². The largest absolute Gasteiger partial charge is 0.321 e. The van der Waals surface area contributed by atoms with Crippen LogP contribution in [0.5, 0.6) is 0 Å². The second-order valence-electron chi connectivity index (χ2n) is 5.33. The molecular formula is C18H14N6O. The summed E-state index contributed by atoms with van der Waals surface area (Å²) in [7, 11) is 0. The third kappa shape index (κ3) is 3.02. The molecule has 0 aliphatic rings. The van der Waals surface area contributed by atoms with E-state index in [-0.39, 0.29) is 5.91 Å². The molecule has 7 nitrogen and oxygen atoms in total. The highest BCUT2D eigenvalue weighted by Gasteiger charge is 2.13. The number of nitrogens with zero attached hydrogens (tertiary/aromatic N) is 5. The van der Waals surface area contributed by atoms with E-state index in [1.54, 1.807) is 28.1 Å². The standard InChI is InChI=1S/C18H14N6O/c25-18(17-10-19-12-23(17)15-4-2-1-3-5-15)22-14-6-8-16(9-7-14)24-13-20-11-21-24/h1-13H,(H,22,25). The number of nitrogens with one attached hydrogen (secondary N) is 1. The second kappa shape index (κ2) is 6.40. The van der Waals surface area contributed by atoms with Crippen molar-refractivity contribution in [2.24, 2.45) is 0 Å². The van der Waals surface area contributed by atoms with Crippen LogP contribution in [-0.4, -0.2) is 30.2 Å². The Kier molecular flexibility index (Phi) is 3.80. The first-order valence-electron chi connectivity index (χ1n) is 7.65. The fraction of sp³-hybridized carbons (Fsp3) is 0. The van der Waals surface area contributed by atoms with Crippen LogP contribution in [0.2, 0.25) is 0 Å². The first-order valence-corrected chi connectivity index (χ1v) is 7.65. The van der Waals surface area contributed by atoms with E-state index < -0.39 is 0 Å². The quantitative estimate of drug-likeness (QED) is 0.624. The molecule has 4 aromatic rings. The molecule has 0 spiro atoms. The molecule has 1 N–H and O–H groups in total.